The number of ether oxygens (including phenoxy) is 2. The quantitative estimate of drug-likeness (QED) is 0.136. The second kappa shape index (κ2) is 17.6. The van der Waals surface area contributed by atoms with Crippen LogP contribution < -0.4 is 15.4 Å². The average Bonchev–Trinajstić information content (AvgIpc) is 3.77. The van der Waals surface area contributed by atoms with Gasteiger partial charge < -0.3 is 34.5 Å². The lowest BCUT2D eigenvalue weighted by Crippen LogP contribution is -2.43. The Bertz CT molecular complexity index is 2380. The van der Waals surface area contributed by atoms with Gasteiger partial charge in [0, 0.05) is 98.1 Å². The molecule has 2 N–H and O–H groups in total. The highest BCUT2D eigenvalue weighted by Crippen LogP contribution is 2.42. The fraction of sp³-hybridized carbons (Fsp3) is 0.400. The predicted molar refractivity (Wildman–Crippen MR) is 231 cm³/mol. The minimum Gasteiger partial charge on any atom is -0.481 e. The predicted octanol–water partition coefficient (Wildman–Crippen LogP) is 8.40. The molecule has 310 valence electrons. The SMILES string of the molecule is COc1nc(-c2cccc(-c3cccc(-c4ccc5c(CNC6CCN(C(C)=O)CC6)cn(C)c5n4)c3Cl)c2Cl)ccc1CN(C[C@@H]1CCC(=O)N1)C(=O)OC(C)(C)C. The Balaban J connectivity index is 1.12. The number of amides is 3. The Labute approximate surface area is 355 Å². The Morgan fingerprint density at radius 1 is 0.898 bits per heavy atom. The zero-order chi connectivity index (χ0) is 42.0. The summed E-state index contributed by atoms with van der Waals surface area (Å²) in [5.74, 6) is 0.446. The molecule has 14 heteroatoms. The number of hydrogen-bond donors (Lipinski definition) is 2. The molecule has 5 heterocycles. The van der Waals surface area contributed by atoms with E-state index in [9.17, 15) is 14.4 Å². The zero-order valence-corrected chi connectivity index (χ0v) is 35.9. The summed E-state index contributed by atoms with van der Waals surface area (Å²) in [6.45, 7) is 9.81. The number of likely N-dealkylation sites (tertiary alicyclic amines) is 1. The van der Waals surface area contributed by atoms with Gasteiger partial charge in [0.25, 0.3) is 0 Å². The third-order valence-electron chi connectivity index (χ3n) is 10.9. The monoisotopic (exact) mass is 839 g/mol. The Morgan fingerprint density at radius 2 is 1.53 bits per heavy atom. The number of carbonyl (C=O) groups is 3. The van der Waals surface area contributed by atoms with Gasteiger partial charge in [0.2, 0.25) is 17.7 Å². The zero-order valence-electron chi connectivity index (χ0n) is 34.4. The summed E-state index contributed by atoms with van der Waals surface area (Å²) < 4.78 is 13.5. The third-order valence-corrected chi connectivity index (χ3v) is 11.8. The number of aromatic nitrogens is 3. The molecule has 0 saturated carbocycles. The van der Waals surface area contributed by atoms with E-state index in [0.717, 1.165) is 64.9 Å². The highest BCUT2D eigenvalue weighted by Gasteiger charge is 2.30. The molecule has 2 fully saturated rings. The molecule has 2 aromatic carbocycles. The van der Waals surface area contributed by atoms with Crippen LogP contribution in [0.25, 0.3) is 44.7 Å². The number of carbonyl (C=O) groups excluding carboxylic acids is 3. The van der Waals surface area contributed by atoms with Crippen molar-refractivity contribution in [1.29, 1.82) is 0 Å². The van der Waals surface area contributed by atoms with Crippen molar-refractivity contribution in [3.8, 4) is 39.5 Å². The molecule has 0 spiro atoms. The van der Waals surface area contributed by atoms with Gasteiger partial charge in [-0.15, -0.1) is 0 Å². The van der Waals surface area contributed by atoms with E-state index < -0.39 is 11.7 Å². The molecule has 12 nitrogen and oxygen atoms in total. The van der Waals surface area contributed by atoms with E-state index in [0.29, 0.717) is 58.2 Å². The number of halogens is 2. The minimum atomic E-state index is -0.698. The van der Waals surface area contributed by atoms with Crippen LogP contribution in [0.1, 0.15) is 64.5 Å². The van der Waals surface area contributed by atoms with E-state index in [1.807, 2.05) is 91.9 Å². The van der Waals surface area contributed by atoms with E-state index in [1.54, 1.807) is 11.8 Å². The summed E-state index contributed by atoms with van der Waals surface area (Å²) in [6.07, 6.45) is 4.56. The molecule has 0 radical (unpaired) electrons. The first-order chi connectivity index (χ1) is 28.2. The van der Waals surface area contributed by atoms with Crippen LogP contribution in [-0.4, -0.2) is 86.7 Å². The van der Waals surface area contributed by atoms with E-state index in [-0.39, 0.29) is 30.9 Å². The molecule has 0 bridgehead atoms. The fourth-order valence-electron chi connectivity index (χ4n) is 7.88. The topological polar surface area (TPSA) is 131 Å². The van der Waals surface area contributed by atoms with Crippen LogP contribution in [0, 0.1) is 0 Å². The maximum Gasteiger partial charge on any atom is 0.410 e. The van der Waals surface area contributed by atoms with Crippen LogP contribution in [0.5, 0.6) is 5.88 Å². The lowest BCUT2D eigenvalue weighted by atomic mass is 9.98. The minimum absolute atomic E-state index is 0.0291. The highest BCUT2D eigenvalue weighted by molar-refractivity contribution is 6.39. The van der Waals surface area contributed by atoms with Crippen molar-refractivity contribution in [2.45, 2.75) is 84.2 Å². The second-order valence-corrected chi connectivity index (χ2v) is 17.1. The summed E-state index contributed by atoms with van der Waals surface area (Å²) in [5, 5.41) is 8.69. The molecule has 5 aromatic rings. The molecule has 0 unspecified atom stereocenters. The molecule has 3 aromatic heterocycles. The third kappa shape index (κ3) is 9.51. The summed E-state index contributed by atoms with van der Waals surface area (Å²) in [4.78, 5) is 50.4. The Kier molecular flexibility index (Phi) is 12.5. The van der Waals surface area contributed by atoms with Gasteiger partial charge in [0.1, 0.15) is 11.2 Å². The Morgan fingerprint density at radius 3 is 2.12 bits per heavy atom. The number of fused-ring (bicyclic) bond motifs is 1. The first-order valence-electron chi connectivity index (χ1n) is 20.0. The number of nitrogens with one attached hydrogen (secondary N) is 2. The average molecular weight is 841 g/mol. The second-order valence-electron chi connectivity index (χ2n) is 16.4. The standard InChI is InChI=1S/C45H51Cl2N7O5/c1-27(55)53-21-19-30(20-22-53)48-23-29-24-52(5)42-32(29)15-17-37(50-42)35-11-7-9-33(40(35)46)34-10-8-12-36(41(34)47)38-16-13-28(43(51-38)58-6)25-54(44(57)59-45(2,3)4)26-31-14-18-39(56)49-31/h7-13,15-17,24,30-31,48H,14,18-23,25-26H2,1-6H3,(H,49,56)/t31-/m0/s1. The lowest BCUT2D eigenvalue weighted by Gasteiger charge is -2.31. The van der Waals surface area contributed by atoms with Gasteiger partial charge in [0.05, 0.1) is 35.1 Å². The molecule has 0 aliphatic carbocycles. The van der Waals surface area contributed by atoms with Crippen molar-refractivity contribution in [3.63, 3.8) is 0 Å². The molecule has 2 saturated heterocycles. The number of pyridine rings is 2. The first-order valence-corrected chi connectivity index (χ1v) is 20.8. The molecule has 3 amide bonds. The lowest BCUT2D eigenvalue weighted by molar-refractivity contribution is -0.130. The van der Waals surface area contributed by atoms with E-state index in [4.69, 9.17) is 42.6 Å². The van der Waals surface area contributed by atoms with Gasteiger partial charge in [-0.25, -0.2) is 14.8 Å². The summed E-state index contributed by atoms with van der Waals surface area (Å²) in [6, 6.07) is 19.6. The smallest absolute Gasteiger partial charge is 0.410 e. The number of nitrogens with zero attached hydrogens (tertiary/aromatic N) is 5. The van der Waals surface area contributed by atoms with Gasteiger partial charge in [0.15, 0.2) is 0 Å². The van der Waals surface area contributed by atoms with Gasteiger partial charge >= 0.3 is 6.09 Å². The molecule has 2 aliphatic heterocycles. The number of rotatable bonds is 11. The van der Waals surface area contributed by atoms with Crippen molar-refractivity contribution in [2.24, 2.45) is 7.05 Å². The molecule has 1 atom stereocenters. The van der Waals surface area contributed by atoms with Gasteiger partial charge in [-0.1, -0.05) is 59.6 Å². The van der Waals surface area contributed by atoms with Crippen molar-refractivity contribution >= 4 is 52.1 Å². The van der Waals surface area contributed by atoms with Crippen LogP contribution in [0.4, 0.5) is 4.79 Å². The maximum absolute atomic E-state index is 13.3. The first kappa shape index (κ1) is 42.0. The normalized spacial score (nSPS) is 16.0. The van der Waals surface area contributed by atoms with E-state index in [2.05, 4.69) is 22.9 Å². The van der Waals surface area contributed by atoms with Gasteiger partial charge in [-0.2, -0.15) is 0 Å². The van der Waals surface area contributed by atoms with Gasteiger partial charge in [-0.05, 0) is 69.9 Å². The fourth-order valence-corrected chi connectivity index (χ4v) is 8.53. The Hall–Kier alpha value is -5.17. The van der Waals surface area contributed by atoms with Crippen LogP contribution >= 0.6 is 23.2 Å². The van der Waals surface area contributed by atoms with Crippen LogP contribution in [-0.2, 0) is 34.5 Å². The van der Waals surface area contributed by atoms with Crippen molar-refractivity contribution < 1.29 is 23.9 Å². The summed E-state index contributed by atoms with van der Waals surface area (Å²) in [5.41, 5.74) is 6.27. The van der Waals surface area contributed by atoms with Gasteiger partial charge in [-0.3, -0.25) is 9.59 Å². The number of piperidine rings is 1. The van der Waals surface area contributed by atoms with Crippen LogP contribution in [0.3, 0.4) is 0 Å². The number of benzene rings is 2. The molecular weight excluding hydrogens is 789 g/mol. The number of hydrogen-bond acceptors (Lipinski definition) is 8. The van der Waals surface area contributed by atoms with Crippen LogP contribution in [0.15, 0.2) is 66.9 Å². The van der Waals surface area contributed by atoms with E-state index >= 15 is 0 Å². The molecule has 2 aliphatic rings. The number of methoxy groups -OCH3 is 1. The van der Waals surface area contributed by atoms with Crippen molar-refractivity contribution in [1.82, 2.24) is 35.0 Å². The molecule has 7 rings (SSSR count). The highest BCUT2D eigenvalue weighted by atomic mass is 35.5. The summed E-state index contributed by atoms with van der Waals surface area (Å²) >= 11 is 14.4. The summed E-state index contributed by atoms with van der Waals surface area (Å²) in [7, 11) is 3.54. The van der Waals surface area contributed by atoms with Crippen molar-refractivity contribution in [3.05, 3.63) is 88.0 Å². The largest absolute Gasteiger partial charge is 0.481 e. The van der Waals surface area contributed by atoms with E-state index in [1.165, 1.54) is 7.11 Å². The number of aryl methyl sites for hydroxylation is 1. The molecule has 59 heavy (non-hydrogen) atoms. The van der Waals surface area contributed by atoms with Crippen LogP contribution in [0.2, 0.25) is 10.0 Å². The molecular formula is C45H51Cl2N7O5. The van der Waals surface area contributed by atoms with Crippen molar-refractivity contribution in [2.75, 3.05) is 26.7 Å². The maximum atomic E-state index is 13.3.